The molecule has 16 heavy (non-hydrogen) atoms. The van der Waals surface area contributed by atoms with Crippen LogP contribution in [0.1, 0.15) is 23.1 Å². The number of carbonyl (C=O) groups is 1. The molecule has 1 rings (SSSR count). The van der Waals surface area contributed by atoms with Gasteiger partial charge in [-0.2, -0.15) is 0 Å². The Morgan fingerprint density at radius 3 is 2.62 bits per heavy atom. The number of pyridine rings is 1. The van der Waals surface area contributed by atoms with Crippen molar-refractivity contribution in [2.75, 3.05) is 0 Å². The molecule has 88 valence electrons. The number of halogens is 4. The molecular formula is C9H7Cl2F2NO2. The molecule has 0 unspecified atom stereocenters. The fourth-order valence-electron chi connectivity index (χ4n) is 1.28. The van der Waals surface area contributed by atoms with Crippen LogP contribution in [0.15, 0.2) is 6.20 Å². The van der Waals surface area contributed by atoms with Crippen LogP contribution in [0.3, 0.4) is 0 Å². The molecule has 0 bridgehead atoms. The summed E-state index contributed by atoms with van der Waals surface area (Å²) in [5, 5.41) is 8.24. The highest BCUT2D eigenvalue weighted by Gasteiger charge is 2.22. The molecule has 0 aliphatic rings. The molecule has 0 saturated carbocycles. The molecular weight excluding hydrogens is 263 g/mol. The van der Waals surface area contributed by atoms with E-state index in [4.69, 9.17) is 28.3 Å². The molecule has 0 radical (unpaired) electrons. The maximum Gasteiger partial charge on any atom is 0.307 e. The second kappa shape index (κ2) is 5.41. The van der Waals surface area contributed by atoms with Crippen LogP contribution in [0.5, 0.6) is 0 Å². The summed E-state index contributed by atoms with van der Waals surface area (Å²) >= 11 is 11.0. The van der Waals surface area contributed by atoms with Crippen molar-refractivity contribution < 1.29 is 18.7 Å². The van der Waals surface area contributed by atoms with E-state index in [1.54, 1.807) is 0 Å². The molecule has 0 aliphatic carbocycles. The smallest absolute Gasteiger partial charge is 0.307 e. The maximum atomic E-state index is 12.7. The van der Waals surface area contributed by atoms with Crippen LogP contribution >= 0.6 is 23.2 Å². The normalized spacial score (nSPS) is 10.8. The summed E-state index contributed by atoms with van der Waals surface area (Å²) in [4.78, 5) is 14.1. The lowest BCUT2D eigenvalue weighted by Crippen LogP contribution is -2.09. The highest BCUT2D eigenvalue weighted by Crippen LogP contribution is 2.31. The highest BCUT2D eigenvalue weighted by molar-refractivity contribution is 6.30. The quantitative estimate of drug-likeness (QED) is 0.675. The fourth-order valence-corrected chi connectivity index (χ4v) is 1.75. The van der Waals surface area contributed by atoms with Crippen molar-refractivity contribution >= 4 is 29.2 Å². The van der Waals surface area contributed by atoms with E-state index in [1.165, 1.54) is 6.20 Å². The van der Waals surface area contributed by atoms with Crippen LogP contribution in [0.25, 0.3) is 0 Å². The average Bonchev–Trinajstić information content (AvgIpc) is 2.16. The Kier molecular flexibility index (Phi) is 4.44. The van der Waals surface area contributed by atoms with E-state index in [9.17, 15) is 13.6 Å². The zero-order valence-electron chi connectivity index (χ0n) is 7.88. The standard InChI is InChI=1S/C9H7Cl2F2NO2/c10-2-4-3-14-8(11)7(9(12)13)5(4)1-6(15)16/h3,9H,1-2H2,(H,15,16). The third kappa shape index (κ3) is 2.80. The summed E-state index contributed by atoms with van der Waals surface area (Å²) in [5.41, 5.74) is -0.358. The number of hydrogen-bond donors (Lipinski definition) is 1. The van der Waals surface area contributed by atoms with Crippen molar-refractivity contribution in [3.8, 4) is 0 Å². The van der Waals surface area contributed by atoms with E-state index < -0.39 is 24.4 Å². The number of nitrogens with zero attached hydrogens (tertiary/aromatic N) is 1. The zero-order chi connectivity index (χ0) is 12.3. The van der Waals surface area contributed by atoms with E-state index in [-0.39, 0.29) is 22.2 Å². The van der Waals surface area contributed by atoms with Gasteiger partial charge in [0.05, 0.1) is 12.0 Å². The van der Waals surface area contributed by atoms with Crippen LogP contribution in [0.2, 0.25) is 5.15 Å². The Balaban J connectivity index is 3.36. The average molecular weight is 270 g/mol. The molecule has 1 N–H and O–H groups in total. The van der Waals surface area contributed by atoms with Crippen molar-refractivity contribution in [1.29, 1.82) is 0 Å². The first-order valence-corrected chi connectivity index (χ1v) is 5.10. The van der Waals surface area contributed by atoms with E-state index >= 15 is 0 Å². The summed E-state index contributed by atoms with van der Waals surface area (Å²) < 4.78 is 25.4. The number of hydrogen-bond acceptors (Lipinski definition) is 2. The largest absolute Gasteiger partial charge is 0.481 e. The van der Waals surface area contributed by atoms with Gasteiger partial charge < -0.3 is 5.11 Å². The molecule has 0 aliphatic heterocycles. The zero-order valence-corrected chi connectivity index (χ0v) is 9.40. The summed E-state index contributed by atoms with van der Waals surface area (Å²) in [5.74, 6) is -1.32. The molecule has 1 aromatic heterocycles. The molecule has 0 atom stereocenters. The van der Waals surface area contributed by atoms with Crippen LogP contribution in [0, 0.1) is 0 Å². The molecule has 0 amide bonds. The first-order valence-electron chi connectivity index (χ1n) is 4.19. The highest BCUT2D eigenvalue weighted by atomic mass is 35.5. The van der Waals surface area contributed by atoms with Crippen molar-refractivity contribution in [2.24, 2.45) is 0 Å². The van der Waals surface area contributed by atoms with Gasteiger partial charge >= 0.3 is 5.97 Å². The molecule has 0 fully saturated rings. The lowest BCUT2D eigenvalue weighted by Gasteiger charge is -2.12. The van der Waals surface area contributed by atoms with Gasteiger partial charge in [0.1, 0.15) is 5.15 Å². The number of alkyl halides is 3. The van der Waals surface area contributed by atoms with Gasteiger partial charge in [-0.05, 0) is 11.1 Å². The first-order chi connectivity index (χ1) is 7.47. The number of carboxylic acids is 1. The van der Waals surface area contributed by atoms with E-state index in [1.807, 2.05) is 0 Å². The van der Waals surface area contributed by atoms with Gasteiger partial charge in [0.15, 0.2) is 0 Å². The minimum absolute atomic E-state index is 0.0579. The van der Waals surface area contributed by atoms with Gasteiger partial charge in [-0.25, -0.2) is 13.8 Å². The van der Waals surface area contributed by atoms with Gasteiger partial charge in [0.2, 0.25) is 0 Å². The lowest BCUT2D eigenvalue weighted by molar-refractivity contribution is -0.136. The van der Waals surface area contributed by atoms with Crippen molar-refractivity contribution in [3.05, 3.63) is 28.0 Å². The minimum Gasteiger partial charge on any atom is -0.481 e. The van der Waals surface area contributed by atoms with E-state index in [0.29, 0.717) is 0 Å². The summed E-state index contributed by atoms with van der Waals surface area (Å²) in [6, 6.07) is 0. The maximum absolute atomic E-state index is 12.7. The molecule has 0 saturated heterocycles. The van der Waals surface area contributed by atoms with E-state index in [2.05, 4.69) is 4.98 Å². The SMILES string of the molecule is O=C(O)Cc1c(CCl)cnc(Cl)c1C(F)F. The Hall–Kier alpha value is -0.940. The second-order valence-corrected chi connectivity index (χ2v) is 3.60. The number of carboxylic acid groups (broad SMARTS) is 1. The molecule has 1 heterocycles. The fraction of sp³-hybridized carbons (Fsp3) is 0.333. The van der Waals surface area contributed by atoms with Crippen LogP contribution in [-0.2, 0) is 17.1 Å². The van der Waals surface area contributed by atoms with Crippen molar-refractivity contribution in [2.45, 2.75) is 18.7 Å². The van der Waals surface area contributed by atoms with Crippen LogP contribution in [-0.4, -0.2) is 16.1 Å². The molecule has 1 aromatic rings. The number of aliphatic carboxylic acids is 1. The minimum atomic E-state index is -2.88. The Morgan fingerprint density at radius 2 is 2.19 bits per heavy atom. The summed E-state index contributed by atoms with van der Waals surface area (Å²) in [6.07, 6.45) is -2.22. The van der Waals surface area contributed by atoms with Crippen molar-refractivity contribution in [1.82, 2.24) is 4.98 Å². The Bertz CT molecular complexity index is 413. The van der Waals surface area contributed by atoms with Gasteiger partial charge in [-0.1, -0.05) is 11.6 Å². The predicted molar refractivity (Wildman–Crippen MR) is 55.1 cm³/mol. The van der Waals surface area contributed by atoms with Crippen LogP contribution < -0.4 is 0 Å². The predicted octanol–water partition coefficient (Wildman–Crippen LogP) is 3.04. The second-order valence-electron chi connectivity index (χ2n) is 2.97. The van der Waals surface area contributed by atoms with Gasteiger partial charge in [-0.15, -0.1) is 11.6 Å². The van der Waals surface area contributed by atoms with Gasteiger partial charge in [0.25, 0.3) is 6.43 Å². The van der Waals surface area contributed by atoms with E-state index in [0.717, 1.165) is 0 Å². The number of aromatic nitrogens is 1. The molecule has 0 aromatic carbocycles. The summed E-state index contributed by atoms with van der Waals surface area (Å²) in [7, 11) is 0. The molecule has 7 heteroatoms. The third-order valence-corrected chi connectivity index (χ3v) is 2.55. The number of rotatable bonds is 4. The third-order valence-electron chi connectivity index (χ3n) is 1.96. The Labute approximate surface area is 100 Å². The first kappa shape index (κ1) is 13.1. The van der Waals surface area contributed by atoms with Gasteiger partial charge in [-0.3, -0.25) is 4.79 Å². The molecule has 0 spiro atoms. The summed E-state index contributed by atoms with van der Waals surface area (Å²) in [6.45, 7) is 0. The monoisotopic (exact) mass is 269 g/mol. The Morgan fingerprint density at radius 1 is 1.56 bits per heavy atom. The lowest BCUT2D eigenvalue weighted by atomic mass is 10.0. The van der Waals surface area contributed by atoms with Gasteiger partial charge in [0, 0.05) is 12.1 Å². The van der Waals surface area contributed by atoms with Crippen LogP contribution in [0.4, 0.5) is 8.78 Å². The van der Waals surface area contributed by atoms with Crippen molar-refractivity contribution in [3.63, 3.8) is 0 Å². The topological polar surface area (TPSA) is 50.2 Å². The molecule has 3 nitrogen and oxygen atoms in total.